The fourth-order valence-corrected chi connectivity index (χ4v) is 4.63. The molecular formula is C20H16F3N3OS2. The summed E-state index contributed by atoms with van der Waals surface area (Å²) >= 11 is 3.09. The van der Waals surface area contributed by atoms with E-state index in [-0.39, 0.29) is 0 Å². The van der Waals surface area contributed by atoms with Gasteiger partial charge in [-0.1, -0.05) is 11.8 Å². The SMILES string of the molecule is Cc1c(SCc2ccco2)ccnc1CSc1nc2ccc(C(F)(F)F)cc2[nH]1. The van der Waals surface area contributed by atoms with Gasteiger partial charge in [-0.05, 0) is 48.9 Å². The molecule has 1 aromatic carbocycles. The summed E-state index contributed by atoms with van der Waals surface area (Å²) in [6, 6.07) is 9.28. The molecule has 4 nitrogen and oxygen atoms in total. The van der Waals surface area contributed by atoms with Gasteiger partial charge >= 0.3 is 6.18 Å². The maximum Gasteiger partial charge on any atom is 0.416 e. The van der Waals surface area contributed by atoms with Crippen LogP contribution in [0.4, 0.5) is 13.2 Å². The Kier molecular flexibility index (Phi) is 5.60. The van der Waals surface area contributed by atoms with Crippen LogP contribution in [0.5, 0.6) is 0 Å². The van der Waals surface area contributed by atoms with E-state index >= 15 is 0 Å². The van der Waals surface area contributed by atoms with Crippen LogP contribution >= 0.6 is 23.5 Å². The van der Waals surface area contributed by atoms with Crippen LogP contribution in [0, 0.1) is 6.92 Å². The molecule has 0 unspecified atom stereocenters. The number of H-pyrrole nitrogens is 1. The molecule has 0 saturated carbocycles. The van der Waals surface area contributed by atoms with E-state index in [1.807, 2.05) is 25.1 Å². The highest BCUT2D eigenvalue weighted by Crippen LogP contribution is 2.33. The van der Waals surface area contributed by atoms with Crippen molar-refractivity contribution in [1.82, 2.24) is 15.0 Å². The number of thioether (sulfide) groups is 2. The predicted octanol–water partition coefficient (Wildman–Crippen LogP) is 6.46. The highest BCUT2D eigenvalue weighted by molar-refractivity contribution is 7.98. The molecule has 0 aliphatic rings. The summed E-state index contributed by atoms with van der Waals surface area (Å²) in [7, 11) is 0. The lowest BCUT2D eigenvalue weighted by atomic mass is 10.2. The minimum absolute atomic E-state index is 0.370. The van der Waals surface area contributed by atoms with Crippen molar-refractivity contribution in [3.05, 3.63) is 71.4 Å². The molecule has 0 amide bonds. The van der Waals surface area contributed by atoms with E-state index in [0.717, 1.165) is 39.8 Å². The van der Waals surface area contributed by atoms with Gasteiger partial charge in [0.2, 0.25) is 0 Å². The first-order valence-corrected chi connectivity index (χ1v) is 10.7. The minimum Gasteiger partial charge on any atom is -0.468 e. The maximum atomic E-state index is 12.9. The number of alkyl halides is 3. The average Bonchev–Trinajstić information content (AvgIpc) is 3.34. The Balaban J connectivity index is 1.46. The number of furan rings is 1. The van der Waals surface area contributed by atoms with E-state index in [9.17, 15) is 13.2 Å². The smallest absolute Gasteiger partial charge is 0.416 e. The lowest BCUT2D eigenvalue weighted by molar-refractivity contribution is -0.137. The molecule has 150 valence electrons. The van der Waals surface area contributed by atoms with Crippen molar-refractivity contribution in [2.75, 3.05) is 0 Å². The van der Waals surface area contributed by atoms with Crippen LogP contribution < -0.4 is 0 Å². The molecular weight excluding hydrogens is 419 g/mol. The topological polar surface area (TPSA) is 54.7 Å². The summed E-state index contributed by atoms with van der Waals surface area (Å²) in [6.45, 7) is 2.02. The number of nitrogens with zero attached hydrogens (tertiary/aromatic N) is 2. The first kappa shape index (κ1) is 19.9. The molecule has 9 heteroatoms. The molecule has 0 spiro atoms. The number of nitrogens with one attached hydrogen (secondary N) is 1. The normalized spacial score (nSPS) is 12.0. The van der Waals surface area contributed by atoms with Crippen molar-refractivity contribution >= 4 is 34.6 Å². The Morgan fingerprint density at radius 1 is 1.10 bits per heavy atom. The van der Waals surface area contributed by atoms with Crippen molar-refractivity contribution < 1.29 is 17.6 Å². The van der Waals surface area contributed by atoms with E-state index in [1.54, 1.807) is 24.2 Å². The number of aromatic amines is 1. The fourth-order valence-electron chi connectivity index (χ4n) is 2.77. The van der Waals surface area contributed by atoms with E-state index in [4.69, 9.17) is 4.42 Å². The van der Waals surface area contributed by atoms with Gasteiger partial charge < -0.3 is 9.40 Å². The van der Waals surface area contributed by atoms with Gasteiger partial charge in [0.25, 0.3) is 0 Å². The average molecular weight is 435 g/mol. The number of imidazole rings is 1. The molecule has 0 saturated heterocycles. The molecule has 0 radical (unpaired) electrons. The zero-order chi connectivity index (χ0) is 20.4. The van der Waals surface area contributed by atoms with Gasteiger partial charge in [0.05, 0.1) is 34.3 Å². The lowest BCUT2D eigenvalue weighted by Gasteiger charge is -2.09. The van der Waals surface area contributed by atoms with Gasteiger partial charge in [-0.2, -0.15) is 13.2 Å². The molecule has 0 bridgehead atoms. The Bertz CT molecular complexity index is 1120. The zero-order valence-electron chi connectivity index (χ0n) is 15.3. The Morgan fingerprint density at radius 2 is 1.97 bits per heavy atom. The standard InChI is InChI=1S/C20H16F3N3OS2/c1-12-17(24-7-6-18(12)28-10-14-3-2-8-27-14)11-29-19-25-15-5-4-13(20(21,22)23)9-16(15)26-19/h2-9H,10-11H2,1H3,(H,25,26). The van der Waals surface area contributed by atoms with Crippen molar-refractivity contribution in [1.29, 1.82) is 0 Å². The second kappa shape index (κ2) is 8.16. The Labute approximate surface area is 173 Å². The van der Waals surface area contributed by atoms with Gasteiger partial charge in [0.1, 0.15) is 5.76 Å². The zero-order valence-corrected chi connectivity index (χ0v) is 16.9. The Morgan fingerprint density at radius 3 is 2.72 bits per heavy atom. The quantitative estimate of drug-likeness (QED) is 0.352. The summed E-state index contributed by atoms with van der Waals surface area (Å²) in [4.78, 5) is 12.9. The van der Waals surface area contributed by atoms with Crippen molar-refractivity contribution in [3.8, 4) is 0 Å². The molecule has 0 fully saturated rings. The molecule has 3 heterocycles. The van der Waals surface area contributed by atoms with E-state index < -0.39 is 11.7 Å². The van der Waals surface area contributed by atoms with Crippen molar-refractivity contribution in [2.24, 2.45) is 0 Å². The van der Waals surface area contributed by atoms with Gasteiger partial charge in [-0.15, -0.1) is 11.8 Å². The third-order valence-corrected chi connectivity index (χ3v) is 6.41. The number of aromatic nitrogens is 3. The summed E-state index contributed by atoms with van der Waals surface area (Å²) in [6.07, 6.45) is -0.953. The number of hydrogen-bond donors (Lipinski definition) is 1. The number of halogens is 3. The number of benzene rings is 1. The van der Waals surface area contributed by atoms with Gasteiger partial charge in [-0.3, -0.25) is 4.98 Å². The number of pyridine rings is 1. The lowest BCUT2D eigenvalue weighted by Crippen LogP contribution is -2.04. The Hall–Kier alpha value is -2.39. The van der Waals surface area contributed by atoms with E-state index in [0.29, 0.717) is 21.9 Å². The molecule has 1 N–H and O–H groups in total. The van der Waals surface area contributed by atoms with Crippen LogP contribution in [0.3, 0.4) is 0 Å². The molecule has 4 aromatic rings. The van der Waals surface area contributed by atoms with Crippen molar-refractivity contribution in [3.63, 3.8) is 0 Å². The van der Waals surface area contributed by atoms with Crippen LogP contribution in [0.15, 0.2) is 63.3 Å². The fraction of sp³-hybridized carbons (Fsp3) is 0.200. The number of fused-ring (bicyclic) bond motifs is 1. The minimum atomic E-state index is -4.37. The molecule has 3 aromatic heterocycles. The van der Waals surface area contributed by atoms with Gasteiger partial charge in [0.15, 0.2) is 5.16 Å². The highest BCUT2D eigenvalue weighted by Gasteiger charge is 2.30. The second-order valence-corrected chi connectivity index (χ2v) is 8.29. The summed E-state index contributed by atoms with van der Waals surface area (Å²) in [5.41, 5.74) is 2.18. The monoisotopic (exact) mass is 435 g/mol. The van der Waals surface area contributed by atoms with Crippen LogP contribution in [-0.2, 0) is 17.7 Å². The van der Waals surface area contributed by atoms with Crippen LogP contribution in [0.2, 0.25) is 0 Å². The van der Waals surface area contributed by atoms with Crippen molar-refractivity contribution in [2.45, 2.75) is 34.7 Å². The molecule has 0 atom stereocenters. The predicted molar refractivity (Wildman–Crippen MR) is 108 cm³/mol. The van der Waals surface area contributed by atoms with Crippen LogP contribution in [0.1, 0.15) is 22.6 Å². The third kappa shape index (κ3) is 4.62. The second-order valence-electron chi connectivity index (χ2n) is 6.31. The largest absolute Gasteiger partial charge is 0.468 e. The third-order valence-electron chi connectivity index (χ3n) is 4.34. The maximum absolute atomic E-state index is 12.9. The number of hydrogen-bond acceptors (Lipinski definition) is 5. The molecule has 0 aliphatic heterocycles. The summed E-state index contributed by atoms with van der Waals surface area (Å²) < 4.78 is 44.0. The van der Waals surface area contributed by atoms with E-state index in [2.05, 4.69) is 15.0 Å². The summed E-state index contributed by atoms with van der Waals surface area (Å²) in [5.74, 6) is 2.20. The van der Waals surface area contributed by atoms with Crippen LogP contribution in [-0.4, -0.2) is 15.0 Å². The van der Waals surface area contributed by atoms with Gasteiger partial charge in [0, 0.05) is 16.8 Å². The molecule has 4 rings (SSSR count). The molecule has 29 heavy (non-hydrogen) atoms. The number of rotatable bonds is 6. The first-order chi connectivity index (χ1) is 13.9. The summed E-state index contributed by atoms with van der Waals surface area (Å²) in [5, 5.41) is 0.564. The van der Waals surface area contributed by atoms with E-state index in [1.165, 1.54) is 17.8 Å². The van der Waals surface area contributed by atoms with Crippen LogP contribution in [0.25, 0.3) is 11.0 Å². The van der Waals surface area contributed by atoms with Gasteiger partial charge in [-0.25, -0.2) is 4.98 Å². The molecule has 0 aliphatic carbocycles. The first-order valence-electron chi connectivity index (χ1n) is 8.69. The highest BCUT2D eigenvalue weighted by atomic mass is 32.2.